The lowest BCUT2D eigenvalue weighted by molar-refractivity contribution is -0.149. The molecule has 1 amide bonds. The van der Waals surface area contributed by atoms with Crippen LogP contribution in [0.2, 0.25) is 0 Å². The molecule has 1 aromatic heterocycles. The van der Waals surface area contributed by atoms with Crippen molar-refractivity contribution < 1.29 is 23.1 Å². The molecular weight excluding hydrogens is 416 g/mol. The lowest BCUT2D eigenvalue weighted by atomic mass is 9.86. The minimum Gasteiger partial charge on any atom is -0.469 e. The van der Waals surface area contributed by atoms with Gasteiger partial charge in [-0.15, -0.1) is 0 Å². The number of methoxy groups -OCH3 is 1. The first kappa shape index (κ1) is 22.7. The third-order valence-corrected chi connectivity index (χ3v) is 6.65. The predicted octanol–water partition coefficient (Wildman–Crippen LogP) is 4.40. The van der Waals surface area contributed by atoms with Gasteiger partial charge in [-0.3, -0.25) is 9.59 Å². The Bertz CT molecular complexity index is 1030. The number of benzene rings is 1. The van der Waals surface area contributed by atoms with E-state index in [1.807, 2.05) is 6.07 Å². The van der Waals surface area contributed by atoms with Crippen molar-refractivity contribution in [2.45, 2.75) is 64.3 Å². The summed E-state index contributed by atoms with van der Waals surface area (Å²) in [4.78, 5) is 30.9. The second-order valence-electron chi connectivity index (χ2n) is 10.2. The van der Waals surface area contributed by atoms with Crippen LogP contribution in [0.5, 0.6) is 0 Å². The monoisotopic (exact) mass is 447 g/mol. The van der Waals surface area contributed by atoms with E-state index in [2.05, 4.69) is 25.3 Å². The van der Waals surface area contributed by atoms with E-state index in [-0.39, 0.29) is 42.0 Å². The quantitative estimate of drug-likeness (QED) is 0.652. The van der Waals surface area contributed by atoms with Crippen LogP contribution < -0.4 is 0 Å². The van der Waals surface area contributed by atoms with Gasteiger partial charge in [-0.2, -0.15) is 0 Å². The number of esters is 1. The summed E-state index contributed by atoms with van der Waals surface area (Å²) >= 11 is 0. The zero-order valence-electron chi connectivity index (χ0n) is 19.2. The number of halogens is 2. The Balaban J connectivity index is 1.58. The first-order valence-corrected chi connectivity index (χ1v) is 11.2. The van der Waals surface area contributed by atoms with E-state index in [4.69, 9.17) is 9.72 Å². The highest BCUT2D eigenvalue weighted by Gasteiger charge is 2.38. The van der Waals surface area contributed by atoms with Crippen molar-refractivity contribution in [3.8, 4) is 0 Å². The van der Waals surface area contributed by atoms with E-state index in [1.165, 1.54) is 7.11 Å². The summed E-state index contributed by atoms with van der Waals surface area (Å²) in [5.41, 5.74) is 1.95. The topological polar surface area (TPSA) is 64.4 Å². The van der Waals surface area contributed by atoms with Crippen molar-refractivity contribution in [1.82, 2.24) is 14.5 Å². The van der Waals surface area contributed by atoms with Gasteiger partial charge in [0.25, 0.3) is 5.91 Å². The van der Waals surface area contributed by atoms with Crippen molar-refractivity contribution in [1.29, 1.82) is 0 Å². The zero-order valence-corrected chi connectivity index (χ0v) is 19.2. The molecule has 0 bridgehead atoms. The lowest BCUT2D eigenvalue weighted by Gasteiger charge is -2.37. The Morgan fingerprint density at radius 2 is 1.84 bits per heavy atom. The van der Waals surface area contributed by atoms with E-state index in [0.717, 1.165) is 16.9 Å². The number of hydrogen-bond donors (Lipinski definition) is 0. The number of aromatic nitrogens is 2. The number of likely N-dealkylation sites (tertiary alicyclic amines) is 1. The molecule has 2 fully saturated rings. The first-order valence-electron chi connectivity index (χ1n) is 11.2. The SMILES string of the molecule is COC(=O)C1CN(C(=O)c2ccc3c(c2)nc(C(C)(C)C)n3CC2CCC(F)(F)CC2)C1. The Hall–Kier alpha value is -2.51. The summed E-state index contributed by atoms with van der Waals surface area (Å²) in [6, 6.07) is 5.49. The van der Waals surface area contributed by atoms with Crippen LogP contribution in [0, 0.1) is 11.8 Å². The fourth-order valence-electron chi connectivity index (χ4n) is 4.70. The number of carbonyl (C=O) groups is 2. The number of alkyl halides is 2. The van der Waals surface area contributed by atoms with Crippen molar-refractivity contribution in [2.24, 2.45) is 11.8 Å². The number of imidazole rings is 1. The molecule has 2 aromatic rings. The Kier molecular flexibility index (Phi) is 5.75. The molecule has 0 spiro atoms. The second-order valence-corrected chi connectivity index (χ2v) is 10.2. The van der Waals surface area contributed by atoms with E-state index in [1.54, 1.807) is 17.0 Å². The Morgan fingerprint density at radius 1 is 1.19 bits per heavy atom. The number of rotatable bonds is 4. The fraction of sp³-hybridized carbons (Fsp3) is 0.625. The molecule has 174 valence electrons. The van der Waals surface area contributed by atoms with Gasteiger partial charge in [0.05, 0.1) is 24.1 Å². The maximum absolute atomic E-state index is 13.6. The van der Waals surface area contributed by atoms with E-state index in [9.17, 15) is 18.4 Å². The van der Waals surface area contributed by atoms with Crippen LogP contribution in [0.4, 0.5) is 8.78 Å². The van der Waals surface area contributed by atoms with E-state index < -0.39 is 5.92 Å². The average Bonchev–Trinajstić information content (AvgIpc) is 3.06. The highest BCUT2D eigenvalue weighted by molar-refractivity contribution is 5.98. The molecule has 4 rings (SSSR count). The van der Waals surface area contributed by atoms with Gasteiger partial charge in [0.15, 0.2) is 0 Å². The van der Waals surface area contributed by atoms with Gasteiger partial charge in [-0.1, -0.05) is 20.8 Å². The smallest absolute Gasteiger partial charge is 0.312 e. The Morgan fingerprint density at radius 3 is 2.44 bits per heavy atom. The van der Waals surface area contributed by atoms with Crippen LogP contribution in [0.1, 0.15) is 62.6 Å². The Labute approximate surface area is 186 Å². The summed E-state index contributed by atoms with van der Waals surface area (Å²) in [6.45, 7) is 7.62. The lowest BCUT2D eigenvalue weighted by Crippen LogP contribution is -2.53. The number of ether oxygens (including phenoxy) is 1. The number of fused-ring (bicyclic) bond motifs is 1. The normalized spacial score (nSPS) is 19.8. The standard InChI is InChI=1S/C24H31F2N3O3/c1-23(2,3)22-27-18-11-16(20(30)28-13-17(14-28)21(31)32-4)5-6-19(18)29(22)12-15-7-9-24(25,26)10-8-15/h5-6,11,15,17H,7-10,12-14H2,1-4H3. The van der Waals surface area contributed by atoms with Crippen LogP contribution in [-0.2, 0) is 21.5 Å². The molecule has 1 aliphatic heterocycles. The third-order valence-electron chi connectivity index (χ3n) is 6.65. The van der Waals surface area contributed by atoms with Crippen molar-refractivity contribution in [3.05, 3.63) is 29.6 Å². The highest BCUT2D eigenvalue weighted by Crippen LogP contribution is 2.38. The molecule has 1 saturated heterocycles. The molecule has 32 heavy (non-hydrogen) atoms. The van der Waals surface area contributed by atoms with Crippen LogP contribution in [-0.4, -0.2) is 52.4 Å². The molecule has 0 radical (unpaired) electrons. The summed E-state index contributed by atoms with van der Waals surface area (Å²) in [7, 11) is 1.35. The molecule has 0 N–H and O–H groups in total. The molecular formula is C24H31F2N3O3. The zero-order chi connectivity index (χ0) is 23.3. The first-order chi connectivity index (χ1) is 15.0. The number of hydrogen-bond acceptors (Lipinski definition) is 4. The van der Waals surface area contributed by atoms with Gasteiger partial charge >= 0.3 is 5.97 Å². The molecule has 6 nitrogen and oxygen atoms in total. The van der Waals surface area contributed by atoms with E-state index >= 15 is 0 Å². The van der Waals surface area contributed by atoms with Gasteiger partial charge in [-0.25, -0.2) is 13.8 Å². The summed E-state index contributed by atoms with van der Waals surface area (Å²) in [6.07, 6.45) is 0.888. The minimum absolute atomic E-state index is 0.0593. The second kappa shape index (κ2) is 8.12. The fourth-order valence-corrected chi connectivity index (χ4v) is 4.70. The number of nitrogens with zero attached hydrogens (tertiary/aromatic N) is 3. The van der Waals surface area contributed by atoms with Crippen LogP contribution >= 0.6 is 0 Å². The van der Waals surface area contributed by atoms with Gasteiger partial charge in [0, 0.05) is 43.5 Å². The molecule has 1 aromatic carbocycles. The molecule has 8 heteroatoms. The summed E-state index contributed by atoms with van der Waals surface area (Å²) in [5, 5.41) is 0. The van der Waals surface area contributed by atoms with Crippen LogP contribution in [0.15, 0.2) is 18.2 Å². The third kappa shape index (κ3) is 4.36. The van der Waals surface area contributed by atoms with Gasteiger partial charge < -0.3 is 14.2 Å². The molecule has 0 unspecified atom stereocenters. The minimum atomic E-state index is -2.54. The number of carbonyl (C=O) groups excluding carboxylic acids is 2. The molecule has 1 aliphatic carbocycles. The molecule has 2 heterocycles. The van der Waals surface area contributed by atoms with E-state index in [0.29, 0.717) is 38.0 Å². The molecule has 0 atom stereocenters. The highest BCUT2D eigenvalue weighted by atomic mass is 19.3. The molecule has 1 saturated carbocycles. The van der Waals surface area contributed by atoms with Gasteiger partial charge in [-0.05, 0) is 37.0 Å². The van der Waals surface area contributed by atoms with Gasteiger partial charge in [0.1, 0.15) is 5.82 Å². The van der Waals surface area contributed by atoms with Crippen molar-refractivity contribution in [3.63, 3.8) is 0 Å². The van der Waals surface area contributed by atoms with Gasteiger partial charge in [0.2, 0.25) is 5.92 Å². The van der Waals surface area contributed by atoms with Crippen molar-refractivity contribution >= 4 is 22.9 Å². The van der Waals surface area contributed by atoms with Crippen LogP contribution in [0.3, 0.4) is 0 Å². The maximum atomic E-state index is 13.6. The molecule has 2 aliphatic rings. The van der Waals surface area contributed by atoms with Crippen molar-refractivity contribution in [2.75, 3.05) is 20.2 Å². The average molecular weight is 448 g/mol. The number of amides is 1. The van der Waals surface area contributed by atoms with Crippen LogP contribution in [0.25, 0.3) is 11.0 Å². The largest absolute Gasteiger partial charge is 0.469 e. The maximum Gasteiger partial charge on any atom is 0.312 e. The summed E-state index contributed by atoms with van der Waals surface area (Å²) in [5.74, 6) is -2.15. The predicted molar refractivity (Wildman–Crippen MR) is 117 cm³/mol. The summed E-state index contributed by atoms with van der Waals surface area (Å²) < 4.78 is 34.1.